The maximum absolute atomic E-state index is 13.1. The fourth-order valence-electron chi connectivity index (χ4n) is 3.84. The highest BCUT2D eigenvalue weighted by molar-refractivity contribution is 7.98. The summed E-state index contributed by atoms with van der Waals surface area (Å²) < 4.78 is 0. The van der Waals surface area contributed by atoms with Crippen molar-refractivity contribution in [3.05, 3.63) is 71.9 Å². The van der Waals surface area contributed by atoms with Crippen LogP contribution in [0.1, 0.15) is 33.6 Å². The number of rotatable bonds is 4. The van der Waals surface area contributed by atoms with Crippen molar-refractivity contribution in [3.63, 3.8) is 0 Å². The Bertz CT molecular complexity index is 1030. The minimum atomic E-state index is -0.159. The second-order valence-corrected chi connectivity index (χ2v) is 7.87. The molecule has 0 spiro atoms. The van der Waals surface area contributed by atoms with E-state index in [9.17, 15) is 9.59 Å². The molecule has 0 aliphatic carbocycles. The van der Waals surface area contributed by atoms with Gasteiger partial charge in [-0.2, -0.15) is 0 Å². The van der Waals surface area contributed by atoms with Crippen LogP contribution in [-0.4, -0.2) is 40.9 Å². The van der Waals surface area contributed by atoms with Gasteiger partial charge in [0.15, 0.2) is 5.78 Å². The number of benzene rings is 2. The average Bonchev–Trinajstić information content (AvgIpc) is 2.77. The molecule has 0 unspecified atom stereocenters. The Morgan fingerprint density at radius 3 is 2.71 bits per heavy atom. The van der Waals surface area contributed by atoms with Crippen molar-refractivity contribution in [2.45, 2.75) is 17.9 Å². The molecule has 1 aromatic heterocycles. The Morgan fingerprint density at radius 1 is 1.07 bits per heavy atom. The van der Waals surface area contributed by atoms with Gasteiger partial charge in [-0.05, 0) is 48.1 Å². The molecule has 1 aliphatic heterocycles. The van der Waals surface area contributed by atoms with Gasteiger partial charge < -0.3 is 4.90 Å². The van der Waals surface area contributed by atoms with Crippen LogP contribution in [0.25, 0.3) is 10.8 Å². The molecule has 1 atom stereocenters. The fourth-order valence-corrected chi connectivity index (χ4v) is 4.38. The number of thioether (sulfide) groups is 1. The number of ketones is 1. The number of piperidine rings is 1. The highest BCUT2D eigenvalue weighted by atomic mass is 32.2. The standard InChI is InChI=1S/C23H22N2O2S/c1-28-22-20(9-4-12-24-22)23(27)25-13-5-8-19(15-25)21(26)18-11-10-16-6-2-3-7-17(16)14-18/h2-4,6-7,9-12,14,19H,5,8,13,15H2,1H3/t19-/m1/s1. The first-order valence-corrected chi connectivity index (χ1v) is 10.7. The Morgan fingerprint density at radius 2 is 1.89 bits per heavy atom. The number of amides is 1. The van der Waals surface area contributed by atoms with E-state index in [1.165, 1.54) is 11.8 Å². The maximum atomic E-state index is 13.1. The van der Waals surface area contributed by atoms with Gasteiger partial charge >= 0.3 is 0 Å². The third-order valence-electron chi connectivity index (χ3n) is 5.31. The second kappa shape index (κ2) is 8.15. The van der Waals surface area contributed by atoms with E-state index in [2.05, 4.69) is 4.98 Å². The number of nitrogens with zero attached hydrogens (tertiary/aromatic N) is 2. The van der Waals surface area contributed by atoms with Crippen molar-refractivity contribution >= 4 is 34.2 Å². The summed E-state index contributed by atoms with van der Waals surface area (Å²) in [6.45, 7) is 1.15. The van der Waals surface area contributed by atoms with E-state index in [1.807, 2.05) is 59.7 Å². The van der Waals surface area contributed by atoms with Crippen molar-refractivity contribution < 1.29 is 9.59 Å². The predicted octanol–water partition coefficient (Wildman–Crippen LogP) is 4.69. The Labute approximate surface area is 169 Å². The number of Topliss-reactive ketones (excluding diaryl/α,β-unsaturated/α-hetero) is 1. The number of hydrogen-bond donors (Lipinski definition) is 0. The number of pyridine rings is 1. The molecule has 28 heavy (non-hydrogen) atoms. The van der Waals surface area contributed by atoms with Gasteiger partial charge in [0, 0.05) is 30.8 Å². The third kappa shape index (κ3) is 3.67. The molecule has 0 N–H and O–H groups in total. The Hall–Kier alpha value is -2.66. The van der Waals surface area contributed by atoms with E-state index >= 15 is 0 Å². The normalized spacial score (nSPS) is 16.9. The monoisotopic (exact) mass is 390 g/mol. The van der Waals surface area contributed by atoms with Crippen molar-refractivity contribution in [2.24, 2.45) is 5.92 Å². The van der Waals surface area contributed by atoms with Crippen LogP contribution in [0.2, 0.25) is 0 Å². The summed E-state index contributed by atoms with van der Waals surface area (Å²) in [5.74, 6) is -0.0683. The zero-order valence-corrected chi connectivity index (χ0v) is 16.6. The van der Waals surface area contributed by atoms with Crippen molar-refractivity contribution in [1.29, 1.82) is 0 Å². The Kier molecular flexibility index (Phi) is 5.44. The van der Waals surface area contributed by atoms with Gasteiger partial charge in [0.1, 0.15) is 5.03 Å². The summed E-state index contributed by atoms with van der Waals surface area (Å²) in [5, 5.41) is 2.92. The molecule has 2 heterocycles. The predicted molar refractivity (Wildman–Crippen MR) is 113 cm³/mol. The van der Waals surface area contributed by atoms with E-state index in [0.29, 0.717) is 18.7 Å². The lowest BCUT2D eigenvalue weighted by molar-refractivity contribution is 0.0633. The van der Waals surface area contributed by atoms with E-state index in [4.69, 9.17) is 0 Å². The molecule has 0 bridgehead atoms. The smallest absolute Gasteiger partial charge is 0.256 e. The first-order valence-electron chi connectivity index (χ1n) is 9.48. The molecule has 0 radical (unpaired) electrons. The lowest BCUT2D eigenvalue weighted by Gasteiger charge is -2.32. The lowest BCUT2D eigenvalue weighted by atomic mass is 9.89. The summed E-state index contributed by atoms with van der Waals surface area (Å²) in [7, 11) is 0. The number of fused-ring (bicyclic) bond motifs is 1. The number of carbonyl (C=O) groups is 2. The highest BCUT2D eigenvalue weighted by Crippen LogP contribution is 2.26. The zero-order valence-electron chi connectivity index (χ0n) is 15.8. The van der Waals surface area contributed by atoms with E-state index in [0.717, 1.165) is 34.2 Å². The van der Waals surface area contributed by atoms with Crippen LogP contribution >= 0.6 is 11.8 Å². The Balaban J connectivity index is 1.54. The van der Waals surface area contributed by atoms with Crippen molar-refractivity contribution in [1.82, 2.24) is 9.88 Å². The summed E-state index contributed by atoms with van der Waals surface area (Å²) >= 11 is 1.47. The molecule has 4 rings (SSSR count). The molecule has 2 aromatic carbocycles. The second-order valence-electron chi connectivity index (χ2n) is 7.08. The summed E-state index contributed by atoms with van der Waals surface area (Å²) in [6, 6.07) is 17.5. The molecule has 142 valence electrons. The molecule has 5 heteroatoms. The van der Waals surface area contributed by atoms with Crippen LogP contribution in [0.3, 0.4) is 0 Å². The lowest BCUT2D eigenvalue weighted by Crippen LogP contribution is -2.42. The van der Waals surface area contributed by atoms with Crippen LogP contribution < -0.4 is 0 Å². The molecule has 1 saturated heterocycles. The van der Waals surface area contributed by atoms with Gasteiger partial charge in [-0.25, -0.2) is 4.98 Å². The molecule has 4 nitrogen and oxygen atoms in total. The minimum absolute atomic E-state index is 0.0338. The quantitative estimate of drug-likeness (QED) is 0.479. The molecular weight excluding hydrogens is 368 g/mol. The van der Waals surface area contributed by atoms with Crippen LogP contribution in [-0.2, 0) is 0 Å². The minimum Gasteiger partial charge on any atom is -0.338 e. The molecule has 1 amide bonds. The van der Waals surface area contributed by atoms with Crippen molar-refractivity contribution in [2.75, 3.05) is 19.3 Å². The first kappa shape index (κ1) is 18.7. The molecule has 1 aliphatic rings. The van der Waals surface area contributed by atoms with Gasteiger partial charge in [0.05, 0.1) is 5.56 Å². The SMILES string of the molecule is CSc1ncccc1C(=O)N1CCC[C@@H](C(=O)c2ccc3ccccc3c2)C1. The van der Waals surface area contributed by atoms with Gasteiger partial charge in [-0.3, -0.25) is 9.59 Å². The van der Waals surface area contributed by atoms with E-state index in [1.54, 1.807) is 12.3 Å². The first-order chi connectivity index (χ1) is 13.7. The number of likely N-dealkylation sites (tertiary alicyclic amines) is 1. The topological polar surface area (TPSA) is 50.3 Å². The van der Waals surface area contributed by atoms with E-state index < -0.39 is 0 Å². The number of hydrogen-bond acceptors (Lipinski definition) is 4. The molecule has 1 fully saturated rings. The van der Waals surface area contributed by atoms with Gasteiger partial charge in [0.2, 0.25) is 0 Å². The summed E-state index contributed by atoms with van der Waals surface area (Å²) in [5.41, 5.74) is 1.35. The number of aromatic nitrogens is 1. The van der Waals surface area contributed by atoms with Gasteiger partial charge in [-0.15, -0.1) is 11.8 Å². The van der Waals surface area contributed by atoms with Gasteiger partial charge in [-0.1, -0.05) is 36.4 Å². The van der Waals surface area contributed by atoms with Crippen LogP contribution in [0.15, 0.2) is 65.8 Å². The highest BCUT2D eigenvalue weighted by Gasteiger charge is 2.30. The van der Waals surface area contributed by atoms with Crippen LogP contribution in [0, 0.1) is 5.92 Å². The average molecular weight is 391 g/mol. The summed E-state index contributed by atoms with van der Waals surface area (Å²) in [6.07, 6.45) is 5.27. The van der Waals surface area contributed by atoms with Gasteiger partial charge in [0.25, 0.3) is 5.91 Å². The van der Waals surface area contributed by atoms with E-state index in [-0.39, 0.29) is 17.6 Å². The zero-order chi connectivity index (χ0) is 19.5. The van der Waals surface area contributed by atoms with Crippen molar-refractivity contribution in [3.8, 4) is 0 Å². The van der Waals surface area contributed by atoms with Crippen LogP contribution in [0.4, 0.5) is 0 Å². The third-order valence-corrected chi connectivity index (χ3v) is 6.02. The summed E-state index contributed by atoms with van der Waals surface area (Å²) in [4.78, 5) is 32.2. The molecule has 0 saturated carbocycles. The van der Waals surface area contributed by atoms with Crippen LogP contribution in [0.5, 0.6) is 0 Å². The molecule has 3 aromatic rings. The maximum Gasteiger partial charge on any atom is 0.256 e. The fraction of sp³-hybridized carbons (Fsp3) is 0.261. The number of carbonyl (C=O) groups excluding carboxylic acids is 2. The largest absolute Gasteiger partial charge is 0.338 e. The molecular formula is C23H22N2O2S.